The minimum Gasteiger partial charge on any atom is -0.349 e. The van der Waals surface area contributed by atoms with Crippen molar-refractivity contribution in [3.8, 4) is 0 Å². The Bertz CT molecular complexity index is 684. The third-order valence-corrected chi connectivity index (χ3v) is 6.28. The summed E-state index contributed by atoms with van der Waals surface area (Å²) in [5.74, 6) is -0.209. The summed E-state index contributed by atoms with van der Waals surface area (Å²) in [6.07, 6.45) is 5.68. The van der Waals surface area contributed by atoms with Crippen LogP contribution in [0.25, 0.3) is 0 Å². The predicted molar refractivity (Wildman–Crippen MR) is 99.6 cm³/mol. The number of hydrogen-bond acceptors (Lipinski definition) is 4. The zero-order valence-electron chi connectivity index (χ0n) is 14.2. The molecule has 1 aliphatic heterocycles. The van der Waals surface area contributed by atoms with E-state index >= 15 is 0 Å². The van der Waals surface area contributed by atoms with E-state index < -0.39 is 10.0 Å². The second kappa shape index (κ2) is 8.98. The fourth-order valence-electron chi connectivity index (χ4n) is 3.37. The van der Waals surface area contributed by atoms with Crippen LogP contribution in [0.4, 0.5) is 0 Å². The van der Waals surface area contributed by atoms with Crippen LogP contribution in [0.1, 0.15) is 48.9 Å². The van der Waals surface area contributed by atoms with Crippen molar-refractivity contribution in [1.29, 1.82) is 0 Å². The van der Waals surface area contributed by atoms with Crippen molar-refractivity contribution in [1.82, 2.24) is 15.4 Å². The maximum absolute atomic E-state index is 12.5. The minimum atomic E-state index is -3.57. The molecule has 0 atom stereocenters. The molecule has 3 rings (SSSR count). The van der Waals surface area contributed by atoms with Crippen LogP contribution in [0.3, 0.4) is 0 Å². The minimum absolute atomic E-state index is 0. The highest BCUT2D eigenvalue weighted by Crippen LogP contribution is 2.21. The van der Waals surface area contributed by atoms with Gasteiger partial charge in [-0.25, -0.2) is 13.1 Å². The summed E-state index contributed by atoms with van der Waals surface area (Å²) >= 11 is 0. The van der Waals surface area contributed by atoms with Crippen molar-refractivity contribution >= 4 is 28.3 Å². The van der Waals surface area contributed by atoms with Gasteiger partial charge in [0.05, 0.1) is 4.90 Å². The van der Waals surface area contributed by atoms with Gasteiger partial charge in [0.25, 0.3) is 5.91 Å². The summed E-state index contributed by atoms with van der Waals surface area (Å²) in [5.41, 5.74) is 0.392. The SMILES string of the molecule is Cl.O=C(NC1CCNCC1)c1cccc(S(=O)(=O)NC2CCCC2)c1. The van der Waals surface area contributed by atoms with Gasteiger partial charge in [0, 0.05) is 17.6 Å². The van der Waals surface area contributed by atoms with Crippen molar-refractivity contribution in [3.63, 3.8) is 0 Å². The Morgan fingerprint density at radius 2 is 1.72 bits per heavy atom. The van der Waals surface area contributed by atoms with Crippen LogP contribution < -0.4 is 15.4 Å². The lowest BCUT2D eigenvalue weighted by Gasteiger charge is -2.23. The van der Waals surface area contributed by atoms with Gasteiger partial charge < -0.3 is 10.6 Å². The monoisotopic (exact) mass is 387 g/mol. The molecule has 1 aliphatic carbocycles. The van der Waals surface area contributed by atoms with Crippen molar-refractivity contribution in [2.75, 3.05) is 13.1 Å². The molecule has 0 spiro atoms. The number of hydrogen-bond donors (Lipinski definition) is 3. The van der Waals surface area contributed by atoms with Crippen molar-refractivity contribution in [3.05, 3.63) is 29.8 Å². The molecule has 1 saturated heterocycles. The summed E-state index contributed by atoms with van der Waals surface area (Å²) in [6.45, 7) is 1.79. The number of rotatable bonds is 5. The third kappa shape index (κ3) is 5.41. The normalized spacial score (nSPS) is 19.4. The number of benzene rings is 1. The average molecular weight is 388 g/mol. The van der Waals surface area contributed by atoms with Gasteiger partial charge in [-0.2, -0.15) is 0 Å². The molecule has 1 amide bonds. The summed E-state index contributed by atoms with van der Waals surface area (Å²) in [5, 5.41) is 6.24. The topological polar surface area (TPSA) is 87.3 Å². The lowest BCUT2D eigenvalue weighted by Crippen LogP contribution is -2.42. The van der Waals surface area contributed by atoms with E-state index in [2.05, 4.69) is 15.4 Å². The number of carbonyl (C=O) groups is 1. The number of nitrogens with one attached hydrogen (secondary N) is 3. The predicted octanol–water partition coefficient (Wildman–Crippen LogP) is 1.81. The fourth-order valence-corrected chi connectivity index (χ4v) is 4.72. The number of piperidine rings is 1. The first-order valence-electron chi connectivity index (χ1n) is 8.68. The van der Waals surface area contributed by atoms with Crippen molar-refractivity contribution in [2.24, 2.45) is 0 Å². The van der Waals surface area contributed by atoms with E-state index in [0.29, 0.717) is 5.56 Å². The van der Waals surface area contributed by atoms with Crippen molar-refractivity contribution < 1.29 is 13.2 Å². The van der Waals surface area contributed by atoms with Crippen LogP contribution in [-0.4, -0.2) is 39.5 Å². The molecule has 6 nitrogen and oxygen atoms in total. The van der Waals surface area contributed by atoms with Gasteiger partial charge >= 0.3 is 0 Å². The first kappa shape index (κ1) is 20.2. The zero-order valence-corrected chi connectivity index (χ0v) is 15.8. The highest BCUT2D eigenvalue weighted by molar-refractivity contribution is 7.89. The van der Waals surface area contributed by atoms with Gasteiger partial charge in [0.2, 0.25) is 10.0 Å². The molecule has 0 bridgehead atoms. The second-order valence-corrected chi connectivity index (χ2v) is 8.34. The Morgan fingerprint density at radius 1 is 1.04 bits per heavy atom. The van der Waals surface area contributed by atoms with E-state index in [9.17, 15) is 13.2 Å². The van der Waals surface area contributed by atoms with Gasteiger partial charge in [-0.3, -0.25) is 4.79 Å². The van der Waals surface area contributed by atoms with Gasteiger partial charge in [-0.15, -0.1) is 12.4 Å². The molecule has 0 aromatic heterocycles. The standard InChI is InChI=1S/C17H25N3O3S.ClH/c21-17(19-14-8-10-18-11-9-14)13-4-3-7-16(12-13)24(22,23)20-15-5-1-2-6-15;/h3-4,7,12,14-15,18,20H,1-2,5-6,8-11H2,(H,19,21);1H. The van der Waals surface area contributed by atoms with Crippen LogP contribution >= 0.6 is 12.4 Å². The smallest absolute Gasteiger partial charge is 0.251 e. The van der Waals surface area contributed by atoms with E-state index in [4.69, 9.17) is 0 Å². The lowest BCUT2D eigenvalue weighted by molar-refractivity contribution is 0.0929. The Labute approximate surface area is 155 Å². The summed E-state index contributed by atoms with van der Waals surface area (Å²) in [4.78, 5) is 12.5. The molecule has 0 unspecified atom stereocenters. The van der Waals surface area contributed by atoms with Crippen molar-refractivity contribution in [2.45, 2.75) is 55.5 Å². The third-order valence-electron chi connectivity index (χ3n) is 4.76. The lowest BCUT2D eigenvalue weighted by atomic mass is 10.1. The highest BCUT2D eigenvalue weighted by Gasteiger charge is 2.24. The number of sulfonamides is 1. The maximum atomic E-state index is 12.5. The van der Waals surface area contributed by atoms with Crippen LogP contribution in [-0.2, 0) is 10.0 Å². The summed E-state index contributed by atoms with van der Waals surface area (Å²) in [6, 6.07) is 6.45. The van der Waals surface area contributed by atoms with E-state index in [1.807, 2.05) is 0 Å². The fraction of sp³-hybridized carbons (Fsp3) is 0.588. The van der Waals surface area contributed by atoms with E-state index in [-0.39, 0.29) is 35.3 Å². The van der Waals surface area contributed by atoms with Crippen LogP contribution in [0.15, 0.2) is 29.2 Å². The quantitative estimate of drug-likeness (QED) is 0.719. The molecule has 1 saturated carbocycles. The number of amides is 1. The molecule has 2 fully saturated rings. The Morgan fingerprint density at radius 3 is 2.40 bits per heavy atom. The molecule has 25 heavy (non-hydrogen) atoms. The molecule has 1 heterocycles. The first-order valence-corrected chi connectivity index (χ1v) is 10.2. The van der Waals surface area contributed by atoms with Gasteiger partial charge in [-0.05, 0) is 57.0 Å². The van der Waals surface area contributed by atoms with Gasteiger partial charge in [0.15, 0.2) is 0 Å². The van der Waals surface area contributed by atoms with Crippen LogP contribution in [0.2, 0.25) is 0 Å². The molecule has 3 N–H and O–H groups in total. The van der Waals surface area contributed by atoms with E-state index in [1.165, 1.54) is 6.07 Å². The van der Waals surface area contributed by atoms with Crippen LogP contribution in [0.5, 0.6) is 0 Å². The second-order valence-electron chi connectivity index (χ2n) is 6.63. The van der Waals surface area contributed by atoms with E-state index in [1.54, 1.807) is 18.2 Å². The number of carbonyl (C=O) groups excluding carboxylic acids is 1. The Kier molecular flexibility index (Phi) is 7.25. The molecule has 1 aromatic carbocycles. The average Bonchev–Trinajstić information content (AvgIpc) is 3.08. The zero-order chi connectivity index (χ0) is 17.0. The molecule has 1 aromatic rings. The number of halogens is 1. The Balaban J connectivity index is 0.00000225. The van der Waals surface area contributed by atoms with Crippen LogP contribution in [0, 0.1) is 0 Å². The first-order chi connectivity index (χ1) is 11.5. The maximum Gasteiger partial charge on any atom is 0.251 e. The molecular weight excluding hydrogens is 362 g/mol. The van der Waals surface area contributed by atoms with Gasteiger partial charge in [0.1, 0.15) is 0 Å². The molecule has 0 radical (unpaired) electrons. The summed E-state index contributed by atoms with van der Waals surface area (Å²) < 4.78 is 27.8. The van der Waals surface area contributed by atoms with Gasteiger partial charge in [-0.1, -0.05) is 18.9 Å². The highest BCUT2D eigenvalue weighted by atomic mass is 35.5. The molecule has 140 valence electrons. The molecule has 8 heteroatoms. The van der Waals surface area contributed by atoms with E-state index in [0.717, 1.165) is 51.6 Å². The molecule has 2 aliphatic rings. The Hall–Kier alpha value is -1.15. The molecular formula is C17H26ClN3O3S. The largest absolute Gasteiger partial charge is 0.349 e. The summed E-state index contributed by atoms with van der Waals surface area (Å²) in [7, 11) is -3.57.